The van der Waals surface area contributed by atoms with E-state index in [-0.39, 0.29) is 28.7 Å². The number of hydrogen-bond acceptors (Lipinski definition) is 7. The van der Waals surface area contributed by atoms with Gasteiger partial charge in [-0.1, -0.05) is 0 Å². The number of nitrogen functional groups attached to an aromatic ring is 1. The molecule has 196 valence electrons. The zero-order valence-electron chi connectivity index (χ0n) is 21.2. The molecule has 2 heterocycles. The van der Waals surface area contributed by atoms with Crippen molar-refractivity contribution >= 4 is 34.3 Å². The number of aromatic carboxylic acids is 1. The maximum Gasteiger partial charge on any atom is 0.439 e. The van der Waals surface area contributed by atoms with Gasteiger partial charge in [0.05, 0.1) is 22.3 Å². The van der Waals surface area contributed by atoms with Gasteiger partial charge in [0.1, 0.15) is 11.2 Å². The van der Waals surface area contributed by atoms with Crippen LogP contribution in [-0.4, -0.2) is 46.0 Å². The maximum absolute atomic E-state index is 15.5. The number of amides is 1. The third-order valence-corrected chi connectivity index (χ3v) is 6.79. The van der Waals surface area contributed by atoms with Gasteiger partial charge in [0.2, 0.25) is 5.43 Å². The highest BCUT2D eigenvalue weighted by Gasteiger charge is 2.38. The second kappa shape index (κ2) is 8.95. The van der Waals surface area contributed by atoms with Gasteiger partial charge in [0, 0.05) is 36.8 Å². The van der Waals surface area contributed by atoms with Gasteiger partial charge in [0.25, 0.3) is 0 Å². The molecule has 2 aliphatic rings. The molecule has 1 aromatic heterocycles. The number of rotatable bonds is 6. The van der Waals surface area contributed by atoms with E-state index in [0.29, 0.717) is 25.0 Å². The fraction of sp³-hybridized carbons (Fsp3) is 0.560. The van der Waals surface area contributed by atoms with E-state index in [0.717, 1.165) is 12.8 Å². The van der Waals surface area contributed by atoms with Crippen LogP contribution in [0.3, 0.4) is 0 Å². The van der Waals surface area contributed by atoms with Crippen LogP contribution in [0.4, 0.5) is 20.6 Å². The van der Waals surface area contributed by atoms with Crippen molar-refractivity contribution in [3.63, 3.8) is 0 Å². The highest BCUT2D eigenvalue weighted by Crippen LogP contribution is 2.41. The van der Waals surface area contributed by atoms with Gasteiger partial charge in [-0.15, -0.1) is 0 Å². The van der Waals surface area contributed by atoms with Crippen LogP contribution in [0.1, 0.15) is 70.3 Å². The quantitative estimate of drug-likeness (QED) is 0.307. The second-order valence-electron chi connectivity index (χ2n) is 11.2. The van der Waals surface area contributed by atoms with Crippen LogP contribution in [0.2, 0.25) is 0 Å². The third-order valence-electron chi connectivity index (χ3n) is 6.79. The van der Waals surface area contributed by atoms with E-state index < -0.39 is 40.0 Å². The summed E-state index contributed by atoms with van der Waals surface area (Å²) in [4.78, 5) is 48.5. The number of carbonyl (C=O) groups excluding carboxylic acids is 1. The van der Waals surface area contributed by atoms with Crippen molar-refractivity contribution in [1.29, 1.82) is 0 Å². The summed E-state index contributed by atoms with van der Waals surface area (Å²) < 4.78 is 17.2. The molecule has 1 aromatic carbocycles. The number of aromatic nitrogens is 1. The maximum atomic E-state index is 15.5. The molecule has 2 fully saturated rings. The predicted molar refractivity (Wildman–Crippen MR) is 133 cm³/mol. The van der Waals surface area contributed by atoms with E-state index in [1.54, 1.807) is 31.4 Å². The molecule has 1 aliphatic heterocycles. The summed E-state index contributed by atoms with van der Waals surface area (Å²) in [6.45, 7) is 9.94. The summed E-state index contributed by atoms with van der Waals surface area (Å²) in [7, 11) is 0. The van der Waals surface area contributed by atoms with E-state index in [2.05, 4.69) is 5.32 Å². The summed E-state index contributed by atoms with van der Waals surface area (Å²) >= 11 is 0. The molecule has 11 heteroatoms. The van der Waals surface area contributed by atoms with E-state index in [1.807, 2.05) is 18.7 Å². The Morgan fingerprint density at radius 2 is 1.86 bits per heavy atom. The summed E-state index contributed by atoms with van der Waals surface area (Å²) in [5, 5.41) is 12.2. The zero-order chi connectivity index (χ0) is 26.6. The molecule has 2 aromatic rings. The van der Waals surface area contributed by atoms with E-state index in [9.17, 15) is 19.5 Å². The number of anilines is 2. The van der Waals surface area contributed by atoms with Crippen molar-refractivity contribution < 1.29 is 28.9 Å². The fourth-order valence-electron chi connectivity index (χ4n) is 4.65. The molecule has 36 heavy (non-hydrogen) atoms. The number of carboxylic acid groups (broad SMARTS) is 1. The van der Waals surface area contributed by atoms with E-state index in [1.165, 1.54) is 6.20 Å². The largest absolute Gasteiger partial charge is 0.477 e. The first-order valence-corrected chi connectivity index (χ1v) is 12.0. The zero-order valence-corrected chi connectivity index (χ0v) is 21.2. The SMILES string of the molecule is CC(C)(C)OOC(=O)NC(C)(C)C1CCN(c2cc3c(c(N)c2F)c(=O)c(C(=O)O)cn3C2CC2)C1. The number of nitrogens with one attached hydrogen (secondary N) is 1. The molecule has 4 N–H and O–H groups in total. The van der Waals surface area contributed by atoms with E-state index in [4.69, 9.17) is 15.5 Å². The number of fused-ring (bicyclic) bond motifs is 1. The molecule has 10 nitrogen and oxygen atoms in total. The minimum atomic E-state index is -1.37. The number of pyridine rings is 1. The minimum Gasteiger partial charge on any atom is -0.477 e. The third kappa shape index (κ3) is 4.97. The lowest BCUT2D eigenvalue weighted by Crippen LogP contribution is -2.50. The Bertz CT molecular complexity index is 1280. The highest BCUT2D eigenvalue weighted by atomic mass is 19.1. The van der Waals surface area contributed by atoms with Crippen molar-refractivity contribution in [2.24, 2.45) is 5.92 Å². The van der Waals surface area contributed by atoms with Crippen LogP contribution in [0.5, 0.6) is 0 Å². The van der Waals surface area contributed by atoms with Crippen LogP contribution < -0.4 is 21.4 Å². The van der Waals surface area contributed by atoms with Crippen LogP contribution in [0.15, 0.2) is 17.1 Å². The average Bonchev–Trinajstić information content (AvgIpc) is 3.48. The average molecular weight is 505 g/mol. The van der Waals surface area contributed by atoms with Crippen molar-refractivity contribution in [2.45, 2.75) is 71.1 Å². The van der Waals surface area contributed by atoms with Crippen molar-refractivity contribution in [1.82, 2.24) is 9.88 Å². The lowest BCUT2D eigenvalue weighted by Gasteiger charge is -2.32. The summed E-state index contributed by atoms with van der Waals surface area (Å²) in [5.41, 5.74) is 3.87. The smallest absolute Gasteiger partial charge is 0.439 e. The lowest BCUT2D eigenvalue weighted by molar-refractivity contribution is -0.301. The standard InChI is InChI=1S/C25H33FN4O6/c1-24(2,3)36-35-23(34)28-25(4,5)13-8-9-29(11-13)17-10-16-18(20(27)19(17)26)21(31)15(22(32)33)12-30(16)14-6-7-14/h10,12-14H,6-9,11,27H2,1-5H3,(H,28,34)(H,32,33). The first kappa shape index (κ1) is 25.7. The van der Waals surface area contributed by atoms with Gasteiger partial charge in [-0.2, -0.15) is 4.89 Å². The molecule has 0 spiro atoms. The monoisotopic (exact) mass is 504 g/mol. The number of halogens is 1. The molecule has 0 bridgehead atoms. The Morgan fingerprint density at radius 1 is 1.19 bits per heavy atom. The summed E-state index contributed by atoms with van der Waals surface area (Å²) in [6, 6.07) is 1.63. The normalized spacial score (nSPS) is 18.5. The molecule has 1 aliphatic carbocycles. The number of nitrogens with zero attached hydrogens (tertiary/aromatic N) is 2. The van der Waals surface area contributed by atoms with Crippen molar-refractivity contribution in [3.8, 4) is 0 Å². The van der Waals surface area contributed by atoms with Crippen molar-refractivity contribution in [3.05, 3.63) is 33.9 Å². The number of hydrogen-bond donors (Lipinski definition) is 3. The number of carbonyl (C=O) groups is 2. The highest BCUT2D eigenvalue weighted by molar-refractivity contribution is 5.99. The number of nitrogens with two attached hydrogens (primary N) is 1. The van der Waals surface area contributed by atoms with Gasteiger partial charge in [0.15, 0.2) is 5.82 Å². The molecule has 0 radical (unpaired) electrons. The first-order chi connectivity index (χ1) is 16.7. The first-order valence-electron chi connectivity index (χ1n) is 12.0. The Morgan fingerprint density at radius 3 is 2.44 bits per heavy atom. The molecular formula is C25H33FN4O6. The molecular weight excluding hydrogens is 471 g/mol. The van der Waals surface area contributed by atoms with Gasteiger partial charge >= 0.3 is 12.1 Å². The van der Waals surface area contributed by atoms with Crippen LogP contribution in [0, 0.1) is 11.7 Å². The molecule has 1 saturated heterocycles. The Kier molecular flexibility index (Phi) is 6.40. The fourth-order valence-corrected chi connectivity index (χ4v) is 4.65. The lowest BCUT2D eigenvalue weighted by atomic mass is 9.87. The molecule has 1 amide bonds. The minimum absolute atomic E-state index is 0.0414. The van der Waals surface area contributed by atoms with Gasteiger partial charge in [-0.3, -0.25) is 9.68 Å². The molecule has 4 rings (SSSR count). The number of carboxylic acids is 1. The Labute approximate surface area is 208 Å². The predicted octanol–water partition coefficient (Wildman–Crippen LogP) is 3.82. The topological polar surface area (TPSA) is 136 Å². The Hall–Kier alpha value is -3.34. The van der Waals surface area contributed by atoms with Crippen LogP contribution in [0.25, 0.3) is 10.9 Å². The van der Waals surface area contributed by atoms with Gasteiger partial charge in [-0.05, 0) is 59.9 Å². The summed E-state index contributed by atoms with van der Waals surface area (Å²) in [6.07, 6.45) is 2.96. The molecule has 1 atom stereocenters. The van der Waals surface area contributed by atoms with Crippen LogP contribution >= 0.6 is 0 Å². The molecule has 1 saturated carbocycles. The molecule has 1 unspecified atom stereocenters. The second-order valence-corrected chi connectivity index (χ2v) is 11.2. The van der Waals surface area contributed by atoms with Gasteiger partial charge < -0.3 is 25.6 Å². The Balaban J connectivity index is 1.62. The van der Waals surface area contributed by atoms with Crippen molar-refractivity contribution in [2.75, 3.05) is 23.7 Å². The number of benzene rings is 1. The van der Waals surface area contributed by atoms with E-state index >= 15 is 4.39 Å². The summed E-state index contributed by atoms with van der Waals surface area (Å²) in [5.74, 6) is -2.17. The van der Waals surface area contributed by atoms with Crippen LogP contribution in [-0.2, 0) is 9.78 Å². The van der Waals surface area contributed by atoms with Gasteiger partial charge in [-0.25, -0.2) is 14.0 Å².